The molecular weight excluding hydrogens is 276 g/mol. The highest BCUT2D eigenvalue weighted by molar-refractivity contribution is 5.83. The first-order chi connectivity index (χ1) is 10.4. The first-order valence-electron chi connectivity index (χ1n) is 6.96. The highest BCUT2D eigenvalue weighted by Crippen LogP contribution is 2.10. The molecule has 4 heteroatoms. The van der Waals surface area contributed by atoms with Crippen LogP contribution in [0, 0.1) is 11.8 Å². The van der Waals surface area contributed by atoms with Gasteiger partial charge in [-0.3, -0.25) is 5.32 Å². The first-order valence-corrected chi connectivity index (χ1v) is 6.96. The quantitative estimate of drug-likeness (QED) is 0.813. The summed E-state index contributed by atoms with van der Waals surface area (Å²) in [7, 11) is 0. The van der Waals surface area contributed by atoms with E-state index in [0.29, 0.717) is 11.5 Å². The van der Waals surface area contributed by atoms with Gasteiger partial charge in [0, 0.05) is 5.56 Å². The van der Waals surface area contributed by atoms with E-state index in [1.807, 2.05) is 51.1 Å². The van der Waals surface area contributed by atoms with E-state index in [-0.39, 0.29) is 0 Å². The lowest BCUT2D eigenvalue weighted by Crippen LogP contribution is -2.27. The molecule has 0 atom stereocenters. The normalized spacial score (nSPS) is 10.3. The number of benzene rings is 1. The van der Waals surface area contributed by atoms with Crippen LogP contribution in [0.4, 0.5) is 10.6 Å². The highest BCUT2D eigenvalue weighted by atomic mass is 16.6. The number of ether oxygens (including phenoxy) is 1. The molecule has 2 rings (SSSR count). The Morgan fingerprint density at radius 2 is 1.77 bits per heavy atom. The molecule has 0 spiro atoms. The highest BCUT2D eigenvalue weighted by Gasteiger charge is 2.16. The second kappa shape index (κ2) is 6.77. The Kier molecular flexibility index (Phi) is 4.80. The van der Waals surface area contributed by atoms with Gasteiger partial charge in [0.25, 0.3) is 0 Å². The summed E-state index contributed by atoms with van der Waals surface area (Å²) >= 11 is 0. The van der Waals surface area contributed by atoms with Crippen LogP contribution in [-0.2, 0) is 4.74 Å². The topological polar surface area (TPSA) is 51.2 Å². The largest absolute Gasteiger partial charge is 0.444 e. The fraction of sp³-hybridized carbons (Fsp3) is 0.222. The minimum atomic E-state index is -0.547. The van der Waals surface area contributed by atoms with Gasteiger partial charge in [-0.25, -0.2) is 9.78 Å². The maximum atomic E-state index is 11.7. The number of aromatic nitrogens is 1. The Labute approximate surface area is 130 Å². The SMILES string of the molecule is CC(C)(C)OC(=O)Nc1cccc(C#Cc2ccccc2)n1. The summed E-state index contributed by atoms with van der Waals surface area (Å²) in [5, 5.41) is 2.60. The zero-order chi connectivity index (χ0) is 16.0. The lowest BCUT2D eigenvalue weighted by molar-refractivity contribution is 0.0635. The van der Waals surface area contributed by atoms with Gasteiger partial charge < -0.3 is 4.74 Å². The van der Waals surface area contributed by atoms with Crippen molar-refractivity contribution in [3.8, 4) is 11.8 Å². The van der Waals surface area contributed by atoms with E-state index in [1.54, 1.807) is 18.2 Å². The third-order valence-corrected chi connectivity index (χ3v) is 2.49. The Morgan fingerprint density at radius 1 is 1.05 bits per heavy atom. The predicted octanol–water partition coefficient (Wildman–Crippen LogP) is 3.83. The molecule has 1 heterocycles. The lowest BCUT2D eigenvalue weighted by atomic mass is 10.2. The van der Waals surface area contributed by atoms with Crippen LogP contribution in [0.1, 0.15) is 32.0 Å². The van der Waals surface area contributed by atoms with Gasteiger partial charge in [-0.15, -0.1) is 0 Å². The van der Waals surface area contributed by atoms with Crippen molar-refractivity contribution in [1.82, 2.24) is 4.98 Å². The van der Waals surface area contributed by atoms with Crippen molar-refractivity contribution in [1.29, 1.82) is 0 Å². The Morgan fingerprint density at radius 3 is 2.45 bits per heavy atom. The second-order valence-electron chi connectivity index (χ2n) is 5.65. The lowest BCUT2D eigenvalue weighted by Gasteiger charge is -2.19. The molecule has 1 amide bonds. The zero-order valence-electron chi connectivity index (χ0n) is 12.9. The maximum Gasteiger partial charge on any atom is 0.413 e. The molecular formula is C18H18N2O2. The van der Waals surface area contributed by atoms with Crippen LogP contribution in [0.3, 0.4) is 0 Å². The standard InChI is InChI=1S/C18H18N2O2/c1-18(2,3)22-17(21)20-16-11-7-10-15(19-16)13-12-14-8-5-4-6-9-14/h4-11H,1-3H3,(H,19,20,21). The Hall–Kier alpha value is -2.80. The number of carbonyl (C=O) groups excluding carboxylic acids is 1. The summed E-state index contributed by atoms with van der Waals surface area (Å²) in [5.41, 5.74) is 0.946. The van der Waals surface area contributed by atoms with Crippen LogP contribution in [0.5, 0.6) is 0 Å². The van der Waals surface area contributed by atoms with E-state index in [1.165, 1.54) is 0 Å². The van der Waals surface area contributed by atoms with Crippen molar-refractivity contribution in [2.75, 3.05) is 5.32 Å². The van der Waals surface area contributed by atoms with Gasteiger partial charge in [0.05, 0.1) is 0 Å². The number of anilines is 1. The van der Waals surface area contributed by atoms with Crippen molar-refractivity contribution in [2.45, 2.75) is 26.4 Å². The number of nitrogens with one attached hydrogen (secondary N) is 1. The summed E-state index contributed by atoms with van der Waals surface area (Å²) in [5.74, 6) is 6.40. The minimum Gasteiger partial charge on any atom is -0.444 e. The fourth-order valence-electron chi connectivity index (χ4n) is 1.64. The smallest absolute Gasteiger partial charge is 0.413 e. The van der Waals surface area contributed by atoms with Crippen LogP contribution in [-0.4, -0.2) is 16.7 Å². The van der Waals surface area contributed by atoms with E-state index in [0.717, 1.165) is 5.56 Å². The summed E-state index contributed by atoms with van der Waals surface area (Å²) in [4.78, 5) is 16.0. The number of hydrogen-bond donors (Lipinski definition) is 1. The zero-order valence-corrected chi connectivity index (χ0v) is 12.9. The number of nitrogens with zero attached hydrogens (tertiary/aromatic N) is 1. The van der Waals surface area contributed by atoms with Gasteiger partial charge in [0.1, 0.15) is 17.1 Å². The summed E-state index contributed by atoms with van der Waals surface area (Å²) in [6.07, 6.45) is -0.534. The van der Waals surface area contributed by atoms with Crippen molar-refractivity contribution in [3.63, 3.8) is 0 Å². The molecule has 1 aromatic carbocycles. The van der Waals surface area contributed by atoms with E-state index in [9.17, 15) is 4.79 Å². The molecule has 0 aliphatic heterocycles. The molecule has 2 aromatic rings. The van der Waals surface area contributed by atoms with Crippen LogP contribution in [0.2, 0.25) is 0 Å². The van der Waals surface area contributed by atoms with E-state index >= 15 is 0 Å². The predicted molar refractivity (Wildman–Crippen MR) is 86.5 cm³/mol. The third-order valence-electron chi connectivity index (χ3n) is 2.49. The van der Waals surface area contributed by atoms with Crippen molar-refractivity contribution in [3.05, 3.63) is 59.8 Å². The van der Waals surface area contributed by atoms with Crippen LogP contribution in [0.15, 0.2) is 48.5 Å². The van der Waals surface area contributed by atoms with Gasteiger partial charge in [0.15, 0.2) is 0 Å². The molecule has 1 N–H and O–H groups in total. The average Bonchev–Trinajstić information content (AvgIpc) is 2.44. The Balaban J connectivity index is 2.08. The number of hydrogen-bond acceptors (Lipinski definition) is 3. The van der Waals surface area contributed by atoms with Gasteiger partial charge in [0.2, 0.25) is 0 Å². The summed E-state index contributed by atoms with van der Waals surface area (Å²) in [6, 6.07) is 14.9. The average molecular weight is 294 g/mol. The Bertz CT molecular complexity index is 707. The maximum absolute atomic E-state index is 11.7. The van der Waals surface area contributed by atoms with Crippen molar-refractivity contribution >= 4 is 11.9 Å². The van der Waals surface area contributed by atoms with Crippen LogP contribution < -0.4 is 5.32 Å². The molecule has 0 bridgehead atoms. The molecule has 0 aliphatic carbocycles. The van der Waals surface area contributed by atoms with Gasteiger partial charge in [-0.05, 0) is 51.0 Å². The molecule has 0 saturated heterocycles. The summed E-state index contributed by atoms with van der Waals surface area (Å²) in [6.45, 7) is 5.42. The third kappa shape index (κ3) is 5.29. The molecule has 22 heavy (non-hydrogen) atoms. The fourth-order valence-corrected chi connectivity index (χ4v) is 1.64. The number of carbonyl (C=O) groups is 1. The van der Waals surface area contributed by atoms with Crippen molar-refractivity contribution in [2.24, 2.45) is 0 Å². The number of pyridine rings is 1. The molecule has 4 nitrogen and oxygen atoms in total. The van der Waals surface area contributed by atoms with Crippen LogP contribution >= 0.6 is 0 Å². The number of amides is 1. The molecule has 0 saturated carbocycles. The number of rotatable bonds is 1. The monoisotopic (exact) mass is 294 g/mol. The molecule has 0 radical (unpaired) electrons. The molecule has 0 aliphatic rings. The van der Waals surface area contributed by atoms with E-state index < -0.39 is 11.7 Å². The molecule has 0 unspecified atom stereocenters. The van der Waals surface area contributed by atoms with E-state index in [2.05, 4.69) is 22.1 Å². The van der Waals surface area contributed by atoms with Crippen LogP contribution in [0.25, 0.3) is 0 Å². The molecule has 112 valence electrons. The van der Waals surface area contributed by atoms with Gasteiger partial charge >= 0.3 is 6.09 Å². The second-order valence-corrected chi connectivity index (χ2v) is 5.65. The minimum absolute atomic E-state index is 0.411. The van der Waals surface area contributed by atoms with E-state index in [4.69, 9.17) is 4.74 Å². The van der Waals surface area contributed by atoms with Gasteiger partial charge in [-0.2, -0.15) is 0 Å². The molecule has 1 aromatic heterocycles. The van der Waals surface area contributed by atoms with Gasteiger partial charge in [-0.1, -0.05) is 30.2 Å². The molecule has 0 fully saturated rings. The van der Waals surface area contributed by atoms with Crippen molar-refractivity contribution < 1.29 is 9.53 Å². The first kappa shape index (κ1) is 15.6. The summed E-state index contributed by atoms with van der Waals surface area (Å²) < 4.78 is 5.18.